The van der Waals surface area contributed by atoms with Crippen LogP contribution in [0.4, 0.5) is 0 Å². The minimum atomic E-state index is 0.0257. The van der Waals surface area contributed by atoms with Crippen molar-refractivity contribution < 1.29 is 0 Å². The molecule has 0 heterocycles. The Hall–Kier alpha value is -0.810. The highest BCUT2D eigenvalue weighted by molar-refractivity contribution is 5.01. The Morgan fingerprint density at radius 3 is 2.92 bits per heavy atom. The molecule has 0 saturated heterocycles. The van der Waals surface area contributed by atoms with Gasteiger partial charge in [0, 0.05) is 6.04 Å². The molecule has 0 spiro atoms. The van der Waals surface area contributed by atoms with E-state index in [4.69, 9.17) is 5.26 Å². The van der Waals surface area contributed by atoms with Gasteiger partial charge in [0.15, 0.2) is 0 Å². The Morgan fingerprint density at radius 2 is 2.42 bits per heavy atom. The number of likely N-dealkylation sites (N-methyl/N-ethyl adjacent to an activating group) is 1. The summed E-state index contributed by atoms with van der Waals surface area (Å²) in [4.78, 5) is 2.13. The quantitative estimate of drug-likeness (QED) is 0.583. The lowest BCUT2D eigenvalue weighted by molar-refractivity contribution is 0.236. The second kappa shape index (κ2) is 4.27. The lowest BCUT2D eigenvalue weighted by atomic mass is 10.0. The van der Waals surface area contributed by atoms with Gasteiger partial charge in [0.1, 0.15) is 0 Å². The van der Waals surface area contributed by atoms with E-state index in [1.165, 1.54) is 19.3 Å². The van der Waals surface area contributed by atoms with Crippen LogP contribution in [0.25, 0.3) is 0 Å². The van der Waals surface area contributed by atoms with Crippen LogP contribution in [-0.4, -0.2) is 24.0 Å². The van der Waals surface area contributed by atoms with E-state index in [1.807, 2.05) is 14.0 Å². The van der Waals surface area contributed by atoms with Crippen LogP contribution in [0.2, 0.25) is 0 Å². The molecule has 0 aromatic heterocycles. The van der Waals surface area contributed by atoms with Crippen LogP contribution in [0.5, 0.6) is 0 Å². The van der Waals surface area contributed by atoms with Crippen molar-refractivity contribution in [3.05, 3.63) is 12.2 Å². The van der Waals surface area contributed by atoms with Crippen molar-refractivity contribution in [3.63, 3.8) is 0 Å². The van der Waals surface area contributed by atoms with Crippen molar-refractivity contribution in [1.29, 1.82) is 5.26 Å². The molecular formula is C10H16N2. The number of nitriles is 1. The minimum absolute atomic E-state index is 0.0257. The Labute approximate surface area is 74.5 Å². The van der Waals surface area contributed by atoms with E-state index < -0.39 is 0 Å². The first-order valence-electron chi connectivity index (χ1n) is 4.54. The van der Waals surface area contributed by atoms with Crippen LogP contribution >= 0.6 is 0 Å². The third kappa shape index (κ3) is 2.09. The van der Waals surface area contributed by atoms with E-state index in [0.29, 0.717) is 6.04 Å². The Balaban J connectivity index is 2.51. The van der Waals surface area contributed by atoms with E-state index in [-0.39, 0.29) is 6.04 Å². The highest BCUT2D eigenvalue weighted by atomic mass is 15.1. The predicted molar refractivity (Wildman–Crippen MR) is 49.6 cm³/mol. The van der Waals surface area contributed by atoms with Gasteiger partial charge in [-0.2, -0.15) is 5.26 Å². The predicted octanol–water partition coefficient (Wildman–Crippen LogP) is 1.94. The zero-order valence-electron chi connectivity index (χ0n) is 7.83. The first-order chi connectivity index (χ1) is 5.75. The largest absolute Gasteiger partial charge is 0.285 e. The third-order valence-corrected chi connectivity index (χ3v) is 2.55. The van der Waals surface area contributed by atoms with E-state index in [9.17, 15) is 0 Å². The van der Waals surface area contributed by atoms with E-state index in [1.54, 1.807) is 0 Å². The zero-order valence-corrected chi connectivity index (χ0v) is 7.83. The first kappa shape index (κ1) is 9.28. The highest BCUT2D eigenvalue weighted by Gasteiger charge is 2.17. The summed E-state index contributed by atoms with van der Waals surface area (Å²) in [6.45, 7) is 1.95. The number of hydrogen-bond donors (Lipinski definition) is 0. The summed E-state index contributed by atoms with van der Waals surface area (Å²) in [5.74, 6) is 0. The maximum Gasteiger partial charge on any atom is 0.0951 e. The molecule has 0 amide bonds. The number of rotatable bonds is 2. The van der Waals surface area contributed by atoms with Gasteiger partial charge in [0.05, 0.1) is 12.1 Å². The van der Waals surface area contributed by atoms with Gasteiger partial charge >= 0.3 is 0 Å². The molecule has 2 heteroatoms. The molecular weight excluding hydrogens is 148 g/mol. The van der Waals surface area contributed by atoms with E-state index in [2.05, 4.69) is 23.1 Å². The van der Waals surface area contributed by atoms with Crippen LogP contribution in [0.3, 0.4) is 0 Å². The molecule has 0 bridgehead atoms. The van der Waals surface area contributed by atoms with Crippen LogP contribution < -0.4 is 0 Å². The lowest BCUT2D eigenvalue weighted by Gasteiger charge is -2.29. The van der Waals surface area contributed by atoms with Crippen molar-refractivity contribution in [3.8, 4) is 6.07 Å². The van der Waals surface area contributed by atoms with Crippen molar-refractivity contribution in [2.45, 2.75) is 38.3 Å². The second-order valence-corrected chi connectivity index (χ2v) is 3.40. The summed E-state index contributed by atoms with van der Waals surface area (Å²) < 4.78 is 0. The Bertz CT molecular complexity index is 202. The second-order valence-electron chi connectivity index (χ2n) is 3.40. The maximum absolute atomic E-state index is 8.72. The molecule has 0 N–H and O–H groups in total. The summed E-state index contributed by atoms with van der Waals surface area (Å²) in [7, 11) is 2.02. The summed E-state index contributed by atoms with van der Waals surface area (Å²) >= 11 is 0. The van der Waals surface area contributed by atoms with Crippen LogP contribution in [0.1, 0.15) is 26.2 Å². The minimum Gasteiger partial charge on any atom is -0.285 e. The summed E-state index contributed by atoms with van der Waals surface area (Å²) in [5.41, 5.74) is 0. The number of hydrogen-bond acceptors (Lipinski definition) is 2. The normalized spacial score (nSPS) is 25.3. The van der Waals surface area contributed by atoms with Gasteiger partial charge in [-0.05, 0) is 33.2 Å². The molecule has 0 aromatic carbocycles. The molecule has 1 aliphatic carbocycles. The summed E-state index contributed by atoms with van der Waals surface area (Å²) in [5, 5.41) is 8.72. The molecule has 2 nitrogen and oxygen atoms in total. The van der Waals surface area contributed by atoms with Gasteiger partial charge in [0.25, 0.3) is 0 Å². The number of allylic oxidation sites excluding steroid dienone is 1. The highest BCUT2D eigenvalue weighted by Crippen LogP contribution is 2.16. The third-order valence-electron chi connectivity index (χ3n) is 2.55. The molecule has 0 saturated carbocycles. The smallest absolute Gasteiger partial charge is 0.0951 e. The Kier molecular flexibility index (Phi) is 3.31. The van der Waals surface area contributed by atoms with Gasteiger partial charge in [0.2, 0.25) is 0 Å². The maximum atomic E-state index is 8.72. The lowest BCUT2D eigenvalue weighted by Crippen LogP contribution is -2.37. The topological polar surface area (TPSA) is 27.0 Å². The molecule has 1 aliphatic rings. The molecule has 0 aromatic rings. The van der Waals surface area contributed by atoms with Gasteiger partial charge in [-0.1, -0.05) is 12.2 Å². The fraction of sp³-hybridized carbons (Fsp3) is 0.700. The summed E-state index contributed by atoms with van der Waals surface area (Å²) in [6.07, 6.45) is 8.08. The fourth-order valence-electron chi connectivity index (χ4n) is 1.51. The SMILES string of the molecule is CC(C#N)N(C)C1C=CCCC1. The average Bonchev–Trinajstić information content (AvgIpc) is 2.17. The number of nitrogens with zero attached hydrogens (tertiary/aromatic N) is 2. The average molecular weight is 164 g/mol. The first-order valence-corrected chi connectivity index (χ1v) is 4.54. The molecule has 0 aliphatic heterocycles. The van der Waals surface area contributed by atoms with Gasteiger partial charge in [-0.15, -0.1) is 0 Å². The summed E-state index contributed by atoms with van der Waals surface area (Å²) in [6, 6.07) is 2.76. The van der Waals surface area contributed by atoms with Crippen molar-refractivity contribution in [2.75, 3.05) is 7.05 Å². The van der Waals surface area contributed by atoms with Crippen molar-refractivity contribution in [1.82, 2.24) is 4.90 Å². The van der Waals surface area contributed by atoms with E-state index in [0.717, 1.165) is 0 Å². The van der Waals surface area contributed by atoms with Gasteiger partial charge in [-0.25, -0.2) is 0 Å². The molecule has 1 rings (SSSR count). The van der Waals surface area contributed by atoms with Crippen LogP contribution in [-0.2, 0) is 0 Å². The molecule has 2 atom stereocenters. The monoisotopic (exact) mass is 164 g/mol. The standard InChI is InChI=1S/C10H16N2/c1-9(8-11)12(2)10-6-4-3-5-7-10/h4,6,9-10H,3,5,7H2,1-2H3. The van der Waals surface area contributed by atoms with Crippen LogP contribution in [0, 0.1) is 11.3 Å². The van der Waals surface area contributed by atoms with Crippen molar-refractivity contribution in [2.24, 2.45) is 0 Å². The fourth-order valence-corrected chi connectivity index (χ4v) is 1.51. The molecule has 2 unspecified atom stereocenters. The van der Waals surface area contributed by atoms with Gasteiger partial charge < -0.3 is 0 Å². The van der Waals surface area contributed by atoms with Gasteiger partial charge in [-0.3, -0.25) is 4.90 Å². The van der Waals surface area contributed by atoms with Crippen molar-refractivity contribution >= 4 is 0 Å². The molecule has 66 valence electrons. The Morgan fingerprint density at radius 1 is 1.67 bits per heavy atom. The molecule has 0 radical (unpaired) electrons. The zero-order chi connectivity index (χ0) is 8.97. The van der Waals surface area contributed by atoms with E-state index >= 15 is 0 Å². The molecule has 12 heavy (non-hydrogen) atoms. The molecule has 0 fully saturated rings. The van der Waals surface area contributed by atoms with Crippen LogP contribution in [0.15, 0.2) is 12.2 Å².